The minimum absolute atomic E-state index is 0.120. The molecule has 1 atom stereocenters. The number of piperidine rings is 1. The number of methoxy groups -OCH3 is 1. The molecule has 1 heterocycles. The highest BCUT2D eigenvalue weighted by Crippen LogP contribution is 2.16. The Labute approximate surface area is 132 Å². The molecule has 0 saturated carbocycles. The van der Waals surface area contributed by atoms with E-state index >= 15 is 0 Å². The molecule has 122 valence electrons. The van der Waals surface area contributed by atoms with Gasteiger partial charge in [0.05, 0.1) is 13.7 Å². The first-order chi connectivity index (χ1) is 10.6. The summed E-state index contributed by atoms with van der Waals surface area (Å²) in [6, 6.07) is 7.77. The van der Waals surface area contributed by atoms with E-state index in [2.05, 4.69) is 4.90 Å². The number of likely N-dealkylation sites (tertiary alicyclic amines) is 1. The quantitative estimate of drug-likeness (QED) is 0.862. The summed E-state index contributed by atoms with van der Waals surface area (Å²) >= 11 is 0. The van der Waals surface area contributed by atoms with Crippen LogP contribution in [0.15, 0.2) is 24.3 Å². The Hall–Kier alpha value is -1.59. The van der Waals surface area contributed by atoms with Gasteiger partial charge in [0.25, 0.3) is 0 Å². The average molecular weight is 306 g/mol. The lowest BCUT2D eigenvalue weighted by atomic mass is 9.99. The molecule has 1 aromatic rings. The summed E-state index contributed by atoms with van der Waals surface area (Å²) in [7, 11) is 3.48. The number of rotatable bonds is 6. The lowest BCUT2D eigenvalue weighted by Gasteiger charge is -2.32. The fourth-order valence-electron chi connectivity index (χ4n) is 2.85. The molecule has 0 aromatic heterocycles. The molecule has 2 rings (SSSR count). The third-order valence-electron chi connectivity index (χ3n) is 4.22. The van der Waals surface area contributed by atoms with E-state index in [1.165, 1.54) is 0 Å². The average Bonchev–Trinajstić information content (AvgIpc) is 2.55. The lowest BCUT2D eigenvalue weighted by molar-refractivity contribution is -0.132. The van der Waals surface area contributed by atoms with E-state index in [1.54, 1.807) is 12.0 Å². The number of ether oxygens (including phenoxy) is 1. The first kappa shape index (κ1) is 16.8. The van der Waals surface area contributed by atoms with Crippen LogP contribution in [0.5, 0.6) is 5.75 Å². The zero-order valence-corrected chi connectivity index (χ0v) is 13.5. The summed E-state index contributed by atoms with van der Waals surface area (Å²) < 4.78 is 5.14. The molecule has 22 heavy (non-hydrogen) atoms. The third kappa shape index (κ3) is 4.71. The van der Waals surface area contributed by atoms with Gasteiger partial charge in [-0.25, -0.2) is 0 Å². The summed E-state index contributed by atoms with van der Waals surface area (Å²) in [5.41, 5.74) is 1.09. The van der Waals surface area contributed by atoms with Gasteiger partial charge in [-0.1, -0.05) is 12.1 Å². The Morgan fingerprint density at radius 2 is 2.14 bits per heavy atom. The van der Waals surface area contributed by atoms with Crippen molar-refractivity contribution < 1.29 is 14.6 Å². The van der Waals surface area contributed by atoms with Crippen LogP contribution in [0.3, 0.4) is 0 Å². The maximum absolute atomic E-state index is 12.3. The summed E-state index contributed by atoms with van der Waals surface area (Å²) in [5.74, 6) is 1.25. The van der Waals surface area contributed by atoms with Gasteiger partial charge in [0.1, 0.15) is 5.75 Å². The summed E-state index contributed by atoms with van der Waals surface area (Å²) in [5, 5.41) is 9.26. The maximum atomic E-state index is 12.3. The molecule has 1 saturated heterocycles. The normalized spacial score (nSPS) is 19.0. The molecule has 1 aliphatic heterocycles. The topological polar surface area (TPSA) is 53.0 Å². The minimum Gasteiger partial charge on any atom is -0.497 e. The van der Waals surface area contributed by atoms with Crippen LogP contribution < -0.4 is 4.74 Å². The fourth-order valence-corrected chi connectivity index (χ4v) is 2.85. The van der Waals surface area contributed by atoms with E-state index in [9.17, 15) is 9.90 Å². The Morgan fingerprint density at radius 1 is 1.41 bits per heavy atom. The fraction of sp³-hybridized carbons (Fsp3) is 0.588. The largest absolute Gasteiger partial charge is 0.497 e. The molecule has 1 amide bonds. The summed E-state index contributed by atoms with van der Waals surface area (Å²) in [6.07, 6.45) is 2.11. The maximum Gasteiger partial charge on any atom is 0.236 e. The molecule has 0 spiro atoms. The van der Waals surface area contributed by atoms with Crippen molar-refractivity contribution >= 4 is 5.91 Å². The van der Waals surface area contributed by atoms with Crippen molar-refractivity contribution in [2.75, 3.05) is 40.4 Å². The van der Waals surface area contributed by atoms with Crippen molar-refractivity contribution in [3.8, 4) is 5.75 Å². The van der Waals surface area contributed by atoms with Crippen LogP contribution in [0.25, 0.3) is 0 Å². The van der Waals surface area contributed by atoms with Gasteiger partial charge in [-0.2, -0.15) is 0 Å². The molecule has 0 aliphatic carbocycles. The molecular formula is C17H26N2O3. The van der Waals surface area contributed by atoms with Gasteiger partial charge in [0, 0.05) is 26.7 Å². The zero-order valence-electron chi connectivity index (χ0n) is 13.5. The first-order valence-corrected chi connectivity index (χ1v) is 7.82. The van der Waals surface area contributed by atoms with Crippen molar-refractivity contribution in [2.45, 2.75) is 19.4 Å². The number of carbonyl (C=O) groups excluding carboxylic acids is 1. The van der Waals surface area contributed by atoms with Gasteiger partial charge in [0.2, 0.25) is 5.91 Å². The Bertz CT molecular complexity index is 475. The molecule has 5 heteroatoms. The highest BCUT2D eigenvalue weighted by atomic mass is 16.5. The number of hydrogen-bond donors (Lipinski definition) is 1. The summed E-state index contributed by atoms with van der Waals surface area (Å²) in [6.45, 7) is 3.01. The molecule has 0 radical (unpaired) electrons. The Balaban J connectivity index is 1.83. The highest BCUT2D eigenvalue weighted by Gasteiger charge is 2.22. The van der Waals surface area contributed by atoms with Gasteiger partial charge < -0.3 is 14.7 Å². The molecule has 1 aliphatic rings. The summed E-state index contributed by atoms with van der Waals surface area (Å²) in [4.78, 5) is 16.2. The number of hydrogen-bond acceptors (Lipinski definition) is 4. The second-order valence-corrected chi connectivity index (χ2v) is 6.02. The highest BCUT2D eigenvalue weighted by molar-refractivity contribution is 5.78. The number of benzene rings is 1. The lowest BCUT2D eigenvalue weighted by Crippen LogP contribution is -2.43. The second kappa shape index (κ2) is 8.15. The van der Waals surface area contributed by atoms with Gasteiger partial charge in [-0.05, 0) is 43.0 Å². The molecular weight excluding hydrogens is 280 g/mol. The SMILES string of the molecule is COc1ccc(CN(C)C(=O)CN2CCCC(CO)C2)cc1. The van der Waals surface area contributed by atoms with Crippen LogP contribution in [-0.4, -0.2) is 61.2 Å². The van der Waals surface area contributed by atoms with Crippen LogP contribution in [0.1, 0.15) is 18.4 Å². The van der Waals surface area contributed by atoms with E-state index in [4.69, 9.17) is 4.74 Å². The van der Waals surface area contributed by atoms with Crippen molar-refractivity contribution in [2.24, 2.45) is 5.92 Å². The first-order valence-electron chi connectivity index (χ1n) is 7.82. The minimum atomic E-state index is 0.120. The standard InChI is InChI=1S/C17H26N2O3/c1-18(10-14-5-7-16(22-2)8-6-14)17(21)12-19-9-3-4-15(11-19)13-20/h5-8,15,20H,3-4,9-13H2,1-2H3. The Morgan fingerprint density at radius 3 is 2.77 bits per heavy atom. The van der Waals surface area contributed by atoms with E-state index in [-0.39, 0.29) is 12.5 Å². The van der Waals surface area contributed by atoms with Crippen LogP contribution in [0.4, 0.5) is 0 Å². The predicted octanol–water partition coefficient (Wildman–Crippen LogP) is 1.36. The number of amides is 1. The van der Waals surface area contributed by atoms with E-state index in [0.717, 1.165) is 37.2 Å². The smallest absolute Gasteiger partial charge is 0.236 e. The van der Waals surface area contributed by atoms with Crippen molar-refractivity contribution in [3.63, 3.8) is 0 Å². The van der Waals surface area contributed by atoms with E-state index < -0.39 is 0 Å². The van der Waals surface area contributed by atoms with Crippen LogP contribution in [-0.2, 0) is 11.3 Å². The van der Waals surface area contributed by atoms with Gasteiger partial charge >= 0.3 is 0 Å². The number of aliphatic hydroxyl groups is 1. The predicted molar refractivity (Wildman–Crippen MR) is 85.7 cm³/mol. The van der Waals surface area contributed by atoms with Crippen LogP contribution in [0, 0.1) is 5.92 Å². The third-order valence-corrected chi connectivity index (χ3v) is 4.22. The molecule has 1 N–H and O–H groups in total. The van der Waals surface area contributed by atoms with Crippen molar-refractivity contribution in [1.82, 2.24) is 9.80 Å². The zero-order chi connectivity index (χ0) is 15.9. The van der Waals surface area contributed by atoms with Gasteiger partial charge in [-0.3, -0.25) is 9.69 Å². The number of carbonyl (C=O) groups is 1. The molecule has 0 bridgehead atoms. The number of nitrogens with zero attached hydrogens (tertiary/aromatic N) is 2. The van der Waals surface area contributed by atoms with E-state index in [0.29, 0.717) is 19.0 Å². The molecule has 1 aromatic carbocycles. The van der Waals surface area contributed by atoms with Crippen molar-refractivity contribution in [1.29, 1.82) is 0 Å². The number of likely N-dealkylation sites (N-methyl/N-ethyl adjacent to an activating group) is 1. The molecule has 1 unspecified atom stereocenters. The molecule has 5 nitrogen and oxygen atoms in total. The van der Waals surface area contributed by atoms with Gasteiger partial charge in [-0.15, -0.1) is 0 Å². The number of aliphatic hydroxyl groups excluding tert-OH is 1. The van der Waals surface area contributed by atoms with Crippen molar-refractivity contribution in [3.05, 3.63) is 29.8 Å². The second-order valence-electron chi connectivity index (χ2n) is 6.02. The monoisotopic (exact) mass is 306 g/mol. The van der Waals surface area contributed by atoms with E-state index in [1.807, 2.05) is 31.3 Å². The Kier molecular flexibility index (Phi) is 6.21. The molecule has 1 fully saturated rings. The van der Waals surface area contributed by atoms with Crippen LogP contribution in [0.2, 0.25) is 0 Å². The van der Waals surface area contributed by atoms with Gasteiger partial charge in [0.15, 0.2) is 0 Å². The van der Waals surface area contributed by atoms with Crippen LogP contribution >= 0.6 is 0 Å².